The largest absolute Gasteiger partial charge is 1.00 e. The van der Waals surface area contributed by atoms with E-state index in [1.807, 2.05) is 0 Å². The van der Waals surface area contributed by atoms with Crippen molar-refractivity contribution in [2.24, 2.45) is 0 Å². The summed E-state index contributed by atoms with van der Waals surface area (Å²) in [6.07, 6.45) is 0. The summed E-state index contributed by atoms with van der Waals surface area (Å²) in [4.78, 5) is 10.8. The van der Waals surface area contributed by atoms with E-state index in [2.05, 4.69) is 20.3 Å². The van der Waals surface area contributed by atoms with E-state index in [0.29, 0.717) is 5.69 Å². The molecular weight excluding hydrogens is 295 g/mol. The van der Waals surface area contributed by atoms with E-state index < -0.39 is 10.1 Å². The van der Waals surface area contributed by atoms with Gasteiger partial charge in [-0.15, -0.1) is 0 Å². The predicted molar refractivity (Wildman–Crippen MR) is 66.3 cm³/mol. The number of rotatable bonds is 3. The second-order valence-electron chi connectivity index (χ2n) is 3.48. The Kier molecular flexibility index (Phi) is 5.25. The molecule has 0 aliphatic carbocycles. The van der Waals surface area contributed by atoms with E-state index in [0.717, 1.165) is 0 Å². The molecule has 0 spiro atoms. The normalized spacial score (nSPS) is 10.7. The zero-order valence-electron chi connectivity index (χ0n) is 10.4. The number of nitrogens with zero attached hydrogens (tertiary/aromatic N) is 3. The quantitative estimate of drug-likeness (QED) is 0.389. The molecule has 5 N–H and O–H groups in total. The van der Waals surface area contributed by atoms with E-state index in [4.69, 9.17) is 11.5 Å². The van der Waals surface area contributed by atoms with Crippen LogP contribution in [0.5, 0.6) is 0 Å². The van der Waals surface area contributed by atoms with Crippen LogP contribution in [-0.2, 0) is 10.1 Å². The van der Waals surface area contributed by atoms with Crippen LogP contribution in [0, 0.1) is 0 Å². The standard InChI is InChI=1S/C9H10N6O3S.Na/c10-7-13-8(11)15-9(14-7)12-5-1-3-6(4-2-5)19(16,17)18;/h1-4H,(H,16,17,18)(H5,10,11,12,13,14,15);/q;+1/p-1. The maximum atomic E-state index is 10.7. The molecule has 100 valence electrons. The first-order chi connectivity index (χ1) is 8.84. The summed E-state index contributed by atoms with van der Waals surface area (Å²) < 4.78 is 32.2. The van der Waals surface area contributed by atoms with Gasteiger partial charge in [0.25, 0.3) is 0 Å². The van der Waals surface area contributed by atoms with Crippen molar-refractivity contribution in [2.75, 3.05) is 16.8 Å². The first kappa shape index (κ1) is 16.6. The number of hydrogen-bond acceptors (Lipinski definition) is 9. The molecule has 0 fully saturated rings. The molecule has 0 saturated carbocycles. The van der Waals surface area contributed by atoms with E-state index in [1.54, 1.807) is 0 Å². The smallest absolute Gasteiger partial charge is 0.744 e. The van der Waals surface area contributed by atoms with Crippen LogP contribution in [0.25, 0.3) is 0 Å². The van der Waals surface area contributed by atoms with Crippen molar-refractivity contribution < 1.29 is 42.5 Å². The van der Waals surface area contributed by atoms with Crippen LogP contribution in [0.1, 0.15) is 0 Å². The van der Waals surface area contributed by atoms with Crippen molar-refractivity contribution in [3.8, 4) is 0 Å². The molecule has 0 aliphatic heterocycles. The molecule has 0 bridgehead atoms. The molecule has 11 heteroatoms. The summed E-state index contributed by atoms with van der Waals surface area (Å²) in [5.74, 6) is 0.0187. The molecule has 9 nitrogen and oxygen atoms in total. The summed E-state index contributed by atoms with van der Waals surface area (Å²) >= 11 is 0. The van der Waals surface area contributed by atoms with Gasteiger partial charge in [0.15, 0.2) is 0 Å². The fourth-order valence-electron chi connectivity index (χ4n) is 1.30. The van der Waals surface area contributed by atoms with Crippen molar-refractivity contribution in [1.82, 2.24) is 15.0 Å². The van der Waals surface area contributed by atoms with Crippen molar-refractivity contribution in [3.63, 3.8) is 0 Å². The second kappa shape index (κ2) is 6.33. The Morgan fingerprint density at radius 2 is 1.50 bits per heavy atom. The SMILES string of the molecule is Nc1nc(N)nc(Nc2ccc(S(=O)(=O)[O-])cc2)n1.[Na+]. The minimum atomic E-state index is -4.46. The fourth-order valence-corrected chi connectivity index (χ4v) is 1.77. The van der Waals surface area contributed by atoms with Gasteiger partial charge in [0.05, 0.1) is 4.90 Å². The monoisotopic (exact) mass is 304 g/mol. The van der Waals surface area contributed by atoms with Crippen LogP contribution in [0.3, 0.4) is 0 Å². The molecule has 0 amide bonds. The second-order valence-corrected chi connectivity index (χ2v) is 4.86. The first-order valence-electron chi connectivity index (χ1n) is 4.94. The minimum absolute atomic E-state index is 0. The van der Waals surface area contributed by atoms with Crippen molar-refractivity contribution >= 4 is 33.7 Å². The van der Waals surface area contributed by atoms with Crippen LogP contribution in [0.15, 0.2) is 29.2 Å². The number of benzene rings is 1. The van der Waals surface area contributed by atoms with Gasteiger partial charge in [-0.1, -0.05) is 0 Å². The van der Waals surface area contributed by atoms with Crippen LogP contribution >= 0.6 is 0 Å². The van der Waals surface area contributed by atoms with Gasteiger partial charge in [0, 0.05) is 5.69 Å². The van der Waals surface area contributed by atoms with Gasteiger partial charge in [-0.05, 0) is 24.3 Å². The van der Waals surface area contributed by atoms with Gasteiger partial charge >= 0.3 is 29.6 Å². The fraction of sp³-hybridized carbons (Fsp3) is 0. The van der Waals surface area contributed by atoms with E-state index in [9.17, 15) is 13.0 Å². The average Bonchev–Trinajstić information content (AvgIpc) is 2.26. The molecule has 0 unspecified atom stereocenters. The Labute approximate surface area is 136 Å². The molecule has 1 aromatic carbocycles. The van der Waals surface area contributed by atoms with Crippen molar-refractivity contribution in [2.45, 2.75) is 4.90 Å². The Bertz CT molecular complexity index is 686. The maximum Gasteiger partial charge on any atom is 1.00 e. The van der Waals surface area contributed by atoms with Crippen molar-refractivity contribution in [3.05, 3.63) is 24.3 Å². The molecule has 0 aliphatic rings. The van der Waals surface area contributed by atoms with E-state index >= 15 is 0 Å². The number of nitrogen functional groups attached to an aromatic ring is 2. The van der Waals surface area contributed by atoms with E-state index in [-0.39, 0.29) is 52.3 Å². The molecular formula is C9H9N6NaO3S. The van der Waals surface area contributed by atoms with Gasteiger partial charge in [-0.2, -0.15) is 15.0 Å². The number of aromatic nitrogens is 3. The van der Waals surface area contributed by atoms with Crippen LogP contribution in [0.4, 0.5) is 23.5 Å². The Morgan fingerprint density at radius 3 is 1.95 bits per heavy atom. The van der Waals surface area contributed by atoms with Gasteiger partial charge in [-0.25, -0.2) is 8.42 Å². The number of anilines is 4. The van der Waals surface area contributed by atoms with E-state index in [1.165, 1.54) is 24.3 Å². The molecule has 20 heavy (non-hydrogen) atoms. The molecule has 0 saturated heterocycles. The van der Waals surface area contributed by atoms with Crippen LogP contribution < -0.4 is 46.3 Å². The number of hydrogen-bond donors (Lipinski definition) is 3. The third-order valence-electron chi connectivity index (χ3n) is 2.07. The molecule has 0 radical (unpaired) electrons. The Balaban J connectivity index is 0.00000200. The summed E-state index contributed by atoms with van der Waals surface area (Å²) in [6.45, 7) is 0. The molecule has 2 rings (SSSR count). The maximum absolute atomic E-state index is 10.7. The zero-order chi connectivity index (χ0) is 14.0. The molecule has 1 aromatic heterocycles. The number of nitrogens with two attached hydrogens (primary N) is 2. The van der Waals surface area contributed by atoms with Crippen molar-refractivity contribution in [1.29, 1.82) is 0 Å². The zero-order valence-corrected chi connectivity index (χ0v) is 13.3. The molecule has 1 heterocycles. The van der Waals surface area contributed by atoms with Crippen LogP contribution in [-0.4, -0.2) is 27.9 Å². The van der Waals surface area contributed by atoms with Crippen LogP contribution in [0.2, 0.25) is 0 Å². The van der Waals surface area contributed by atoms with Gasteiger partial charge in [0.2, 0.25) is 17.8 Å². The van der Waals surface area contributed by atoms with Gasteiger partial charge in [-0.3, -0.25) is 0 Å². The predicted octanol–water partition coefficient (Wildman–Crippen LogP) is -3.31. The molecule has 2 aromatic rings. The summed E-state index contributed by atoms with van der Waals surface area (Å²) in [5, 5.41) is 2.75. The summed E-state index contributed by atoms with van der Waals surface area (Å²) in [6, 6.07) is 5.11. The third-order valence-corrected chi connectivity index (χ3v) is 2.92. The van der Waals surface area contributed by atoms with Gasteiger partial charge in [0.1, 0.15) is 10.1 Å². The molecule has 0 atom stereocenters. The van der Waals surface area contributed by atoms with Gasteiger partial charge < -0.3 is 21.3 Å². The number of nitrogens with one attached hydrogen (secondary N) is 1. The first-order valence-corrected chi connectivity index (χ1v) is 6.35. The summed E-state index contributed by atoms with van der Waals surface area (Å²) in [5.41, 5.74) is 11.3. The minimum Gasteiger partial charge on any atom is -0.744 e. The third kappa shape index (κ3) is 4.28. The Morgan fingerprint density at radius 1 is 1.00 bits per heavy atom. The topological polar surface area (TPSA) is 160 Å². The Hall–Kier alpha value is -1.46. The summed E-state index contributed by atoms with van der Waals surface area (Å²) in [7, 11) is -4.46. The average molecular weight is 304 g/mol.